The molecule has 2 aliphatic heterocycles. The van der Waals surface area contributed by atoms with E-state index >= 15 is 0 Å². The zero-order valence-electron chi connectivity index (χ0n) is 13.1. The number of hydrogen-bond donors (Lipinski definition) is 2. The minimum Gasteiger partial charge on any atom is -0.338 e. The molecular formula is C16H23N3O2S. The molecular weight excluding hydrogens is 298 g/mol. The molecule has 0 spiro atoms. The van der Waals surface area contributed by atoms with Gasteiger partial charge in [-0.15, -0.1) is 11.3 Å². The topological polar surface area (TPSA) is 61.4 Å². The number of anilines is 1. The first kappa shape index (κ1) is 15.5. The molecule has 6 heteroatoms. The third kappa shape index (κ3) is 3.33. The average molecular weight is 321 g/mol. The van der Waals surface area contributed by atoms with Crippen LogP contribution < -0.4 is 10.6 Å². The highest BCUT2D eigenvalue weighted by Gasteiger charge is 2.34. The molecule has 0 bridgehead atoms. The van der Waals surface area contributed by atoms with Crippen LogP contribution in [0.5, 0.6) is 0 Å². The minimum absolute atomic E-state index is 0.00686. The lowest BCUT2D eigenvalue weighted by atomic mass is 10.0. The number of hydrogen-bond acceptors (Lipinski definition) is 4. The average Bonchev–Trinajstić information content (AvgIpc) is 3.17. The fourth-order valence-electron chi connectivity index (χ4n) is 3.12. The van der Waals surface area contributed by atoms with E-state index in [-0.39, 0.29) is 23.4 Å². The predicted molar refractivity (Wildman–Crippen MR) is 88.3 cm³/mol. The maximum absolute atomic E-state index is 12.3. The van der Waals surface area contributed by atoms with E-state index in [0.717, 1.165) is 43.8 Å². The summed E-state index contributed by atoms with van der Waals surface area (Å²) in [4.78, 5) is 27.2. The number of nitrogens with zero attached hydrogens (tertiary/aromatic N) is 1. The van der Waals surface area contributed by atoms with Crippen molar-refractivity contribution in [3.8, 4) is 0 Å². The first-order chi connectivity index (χ1) is 10.4. The summed E-state index contributed by atoms with van der Waals surface area (Å²) in [7, 11) is 0. The molecule has 0 radical (unpaired) electrons. The van der Waals surface area contributed by atoms with E-state index in [2.05, 4.69) is 24.5 Å². The number of thiophene rings is 1. The van der Waals surface area contributed by atoms with Gasteiger partial charge in [-0.1, -0.05) is 0 Å². The van der Waals surface area contributed by atoms with Gasteiger partial charge in [-0.05, 0) is 51.7 Å². The SMILES string of the molecule is CC1(C)CC[C@@H](C(=O)Nc2ccc(C(=O)N3CCCC3)s2)N1. The van der Waals surface area contributed by atoms with Crippen LogP contribution in [0, 0.1) is 0 Å². The summed E-state index contributed by atoms with van der Waals surface area (Å²) in [5.41, 5.74) is 0.0222. The van der Waals surface area contributed by atoms with E-state index in [9.17, 15) is 9.59 Å². The largest absolute Gasteiger partial charge is 0.338 e. The maximum atomic E-state index is 12.3. The molecule has 2 amide bonds. The van der Waals surface area contributed by atoms with Crippen LogP contribution in [0.1, 0.15) is 49.2 Å². The van der Waals surface area contributed by atoms with Crippen molar-refractivity contribution in [3.05, 3.63) is 17.0 Å². The Balaban J connectivity index is 1.59. The molecule has 120 valence electrons. The lowest BCUT2D eigenvalue weighted by molar-refractivity contribution is -0.117. The second-order valence-corrected chi connectivity index (χ2v) is 7.86. The van der Waals surface area contributed by atoms with Crippen LogP contribution >= 0.6 is 11.3 Å². The molecule has 0 aromatic carbocycles. The van der Waals surface area contributed by atoms with E-state index in [4.69, 9.17) is 0 Å². The Kier molecular flexibility index (Phi) is 4.23. The van der Waals surface area contributed by atoms with Gasteiger partial charge in [0.05, 0.1) is 15.9 Å². The number of carbonyl (C=O) groups is 2. The number of rotatable bonds is 3. The Morgan fingerprint density at radius 2 is 2.05 bits per heavy atom. The fourth-order valence-corrected chi connectivity index (χ4v) is 4.00. The fraction of sp³-hybridized carbons (Fsp3) is 0.625. The molecule has 2 aliphatic rings. The Bertz CT molecular complexity index is 576. The maximum Gasteiger partial charge on any atom is 0.263 e. The zero-order chi connectivity index (χ0) is 15.7. The van der Waals surface area contributed by atoms with Crippen molar-refractivity contribution in [3.63, 3.8) is 0 Å². The van der Waals surface area contributed by atoms with Crippen LogP contribution in [-0.4, -0.2) is 41.4 Å². The second kappa shape index (κ2) is 6.01. The zero-order valence-corrected chi connectivity index (χ0v) is 14.0. The summed E-state index contributed by atoms with van der Waals surface area (Å²) >= 11 is 1.36. The number of carbonyl (C=O) groups excluding carboxylic acids is 2. The first-order valence-corrected chi connectivity index (χ1v) is 8.74. The molecule has 2 saturated heterocycles. The highest BCUT2D eigenvalue weighted by molar-refractivity contribution is 7.18. The van der Waals surface area contributed by atoms with Crippen molar-refractivity contribution in [1.82, 2.24) is 10.2 Å². The van der Waals surface area contributed by atoms with Gasteiger partial charge in [-0.2, -0.15) is 0 Å². The van der Waals surface area contributed by atoms with Crippen molar-refractivity contribution in [2.75, 3.05) is 18.4 Å². The van der Waals surface area contributed by atoms with Gasteiger partial charge in [0, 0.05) is 18.6 Å². The van der Waals surface area contributed by atoms with Crippen molar-refractivity contribution < 1.29 is 9.59 Å². The van der Waals surface area contributed by atoms with Crippen LogP contribution in [0.3, 0.4) is 0 Å². The summed E-state index contributed by atoms with van der Waals surface area (Å²) in [6.07, 6.45) is 4.02. The second-order valence-electron chi connectivity index (χ2n) is 6.77. The molecule has 1 aromatic heterocycles. The number of nitrogens with one attached hydrogen (secondary N) is 2. The molecule has 3 rings (SSSR count). The Labute approximate surface area is 135 Å². The molecule has 0 saturated carbocycles. The summed E-state index contributed by atoms with van der Waals surface area (Å²) in [5, 5.41) is 7.02. The lowest BCUT2D eigenvalue weighted by Crippen LogP contribution is -2.43. The highest BCUT2D eigenvalue weighted by Crippen LogP contribution is 2.27. The number of amides is 2. The van der Waals surface area contributed by atoms with Crippen molar-refractivity contribution in [1.29, 1.82) is 0 Å². The molecule has 1 atom stereocenters. The van der Waals surface area contributed by atoms with Gasteiger partial charge in [-0.25, -0.2) is 0 Å². The minimum atomic E-state index is -0.144. The van der Waals surface area contributed by atoms with E-state index in [0.29, 0.717) is 4.88 Å². The normalized spacial score (nSPS) is 23.7. The van der Waals surface area contributed by atoms with Gasteiger partial charge in [0.15, 0.2) is 0 Å². The molecule has 1 aromatic rings. The predicted octanol–water partition coefficient (Wildman–Crippen LogP) is 2.45. The van der Waals surface area contributed by atoms with Crippen molar-refractivity contribution >= 4 is 28.2 Å². The van der Waals surface area contributed by atoms with E-state index < -0.39 is 0 Å². The van der Waals surface area contributed by atoms with Gasteiger partial charge < -0.3 is 15.5 Å². The van der Waals surface area contributed by atoms with Crippen molar-refractivity contribution in [2.45, 2.75) is 51.1 Å². The summed E-state index contributed by atoms with van der Waals surface area (Å²) in [5.74, 6) is 0.0794. The molecule has 3 heterocycles. The molecule has 2 fully saturated rings. The van der Waals surface area contributed by atoms with E-state index in [1.807, 2.05) is 17.0 Å². The summed E-state index contributed by atoms with van der Waals surface area (Å²) in [6.45, 7) is 5.91. The van der Waals surface area contributed by atoms with E-state index in [1.54, 1.807) is 0 Å². The lowest BCUT2D eigenvalue weighted by Gasteiger charge is -2.19. The van der Waals surface area contributed by atoms with Crippen LogP contribution in [0.2, 0.25) is 0 Å². The smallest absolute Gasteiger partial charge is 0.263 e. The van der Waals surface area contributed by atoms with Crippen LogP contribution in [0.15, 0.2) is 12.1 Å². The molecule has 2 N–H and O–H groups in total. The van der Waals surface area contributed by atoms with Gasteiger partial charge in [0.2, 0.25) is 5.91 Å². The number of likely N-dealkylation sites (tertiary alicyclic amines) is 1. The van der Waals surface area contributed by atoms with Crippen LogP contribution in [-0.2, 0) is 4.79 Å². The Morgan fingerprint density at radius 3 is 2.68 bits per heavy atom. The molecule has 5 nitrogen and oxygen atoms in total. The summed E-state index contributed by atoms with van der Waals surface area (Å²) in [6, 6.07) is 3.49. The van der Waals surface area contributed by atoms with E-state index in [1.165, 1.54) is 11.3 Å². The quantitative estimate of drug-likeness (QED) is 0.899. The van der Waals surface area contributed by atoms with Gasteiger partial charge in [0.25, 0.3) is 5.91 Å². The van der Waals surface area contributed by atoms with Crippen molar-refractivity contribution in [2.24, 2.45) is 0 Å². The molecule has 0 aliphatic carbocycles. The van der Waals surface area contributed by atoms with Gasteiger partial charge in [0.1, 0.15) is 0 Å². The standard InChI is InChI=1S/C16H23N3O2S/c1-16(2)8-7-11(18-16)14(20)17-13-6-5-12(22-13)15(21)19-9-3-4-10-19/h5-6,11,18H,3-4,7-10H2,1-2H3,(H,17,20)/t11-/m0/s1. The Morgan fingerprint density at radius 1 is 1.32 bits per heavy atom. The van der Waals surface area contributed by atoms with Gasteiger partial charge >= 0.3 is 0 Å². The first-order valence-electron chi connectivity index (χ1n) is 7.92. The van der Waals surface area contributed by atoms with Crippen LogP contribution in [0.25, 0.3) is 0 Å². The highest BCUT2D eigenvalue weighted by atomic mass is 32.1. The van der Waals surface area contributed by atoms with Crippen LogP contribution in [0.4, 0.5) is 5.00 Å². The third-order valence-electron chi connectivity index (χ3n) is 4.40. The monoisotopic (exact) mass is 321 g/mol. The molecule has 0 unspecified atom stereocenters. The summed E-state index contributed by atoms with van der Waals surface area (Å²) < 4.78 is 0. The Hall–Kier alpha value is -1.40. The third-order valence-corrected chi connectivity index (χ3v) is 5.38. The molecule has 22 heavy (non-hydrogen) atoms. The van der Waals surface area contributed by atoms with Gasteiger partial charge in [-0.3, -0.25) is 9.59 Å².